The first-order valence-corrected chi connectivity index (χ1v) is 4.87. The van der Waals surface area contributed by atoms with Crippen LogP contribution in [0.5, 0.6) is 0 Å². The Morgan fingerprint density at radius 3 is 2.59 bits per heavy atom. The molecule has 1 aromatic carbocycles. The van der Waals surface area contributed by atoms with Gasteiger partial charge < -0.3 is 15.5 Å². The van der Waals surface area contributed by atoms with Crippen LogP contribution in [0.15, 0.2) is 18.2 Å². The van der Waals surface area contributed by atoms with Crippen molar-refractivity contribution in [2.75, 3.05) is 11.9 Å². The number of aliphatic carboxylic acids is 1. The first-order valence-electron chi connectivity index (χ1n) is 4.87. The van der Waals surface area contributed by atoms with Crippen LogP contribution < -0.4 is 5.32 Å². The summed E-state index contributed by atoms with van der Waals surface area (Å²) < 4.78 is 13.8. The van der Waals surface area contributed by atoms with Gasteiger partial charge in [-0.1, -0.05) is 12.1 Å². The molecule has 17 heavy (non-hydrogen) atoms. The number of aliphatic hydroxyl groups excluding tert-OH is 1. The fourth-order valence-corrected chi connectivity index (χ4v) is 1.41. The third-order valence-electron chi connectivity index (χ3n) is 2.20. The second kappa shape index (κ2) is 5.40. The maximum absolute atomic E-state index is 13.8. The highest BCUT2D eigenvalue weighted by atomic mass is 19.1. The van der Waals surface area contributed by atoms with E-state index in [2.05, 4.69) is 5.32 Å². The van der Waals surface area contributed by atoms with E-state index in [-0.39, 0.29) is 11.3 Å². The van der Waals surface area contributed by atoms with Crippen LogP contribution in [-0.2, 0) is 9.59 Å². The minimum Gasteiger partial charge on any atom is -0.481 e. The summed E-state index contributed by atoms with van der Waals surface area (Å²) >= 11 is 0. The molecule has 1 unspecified atom stereocenters. The third-order valence-corrected chi connectivity index (χ3v) is 2.20. The highest BCUT2D eigenvalue weighted by Gasteiger charge is 2.23. The summed E-state index contributed by atoms with van der Waals surface area (Å²) in [5.74, 6) is -3.98. The number of halogens is 1. The standard InChI is InChI=1S/C11H12FNO4/c1-6(15)13-9-4-2-3-7(10(9)12)8(5-14)11(16)17/h2-4,8,14H,5H2,1H3,(H,13,15)(H,16,17). The van der Waals surface area contributed by atoms with Crippen molar-refractivity contribution in [1.29, 1.82) is 0 Å². The monoisotopic (exact) mass is 241 g/mol. The topological polar surface area (TPSA) is 86.6 Å². The Labute approximate surface area is 96.9 Å². The van der Waals surface area contributed by atoms with Gasteiger partial charge >= 0.3 is 5.97 Å². The zero-order valence-corrected chi connectivity index (χ0v) is 9.11. The number of hydrogen-bond donors (Lipinski definition) is 3. The second-order valence-electron chi connectivity index (χ2n) is 3.46. The van der Waals surface area contributed by atoms with Crippen molar-refractivity contribution >= 4 is 17.6 Å². The zero-order chi connectivity index (χ0) is 13.0. The van der Waals surface area contributed by atoms with Gasteiger partial charge in [0.1, 0.15) is 5.92 Å². The molecule has 0 radical (unpaired) electrons. The molecule has 0 saturated heterocycles. The summed E-state index contributed by atoms with van der Waals surface area (Å²) in [7, 11) is 0. The highest BCUT2D eigenvalue weighted by Crippen LogP contribution is 2.25. The van der Waals surface area contributed by atoms with Gasteiger partial charge in [-0.3, -0.25) is 9.59 Å². The van der Waals surface area contributed by atoms with Crippen LogP contribution in [0, 0.1) is 5.82 Å². The quantitative estimate of drug-likeness (QED) is 0.732. The number of carbonyl (C=O) groups excluding carboxylic acids is 1. The van der Waals surface area contributed by atoms with Gasteiger partial charge in [0.2, 0.25) is 5.91 Å². The number of nitrogens with one attached hydrogen (secondary N) is 1. The van der Waals surface area contributed by atoms with E-state index in [4.69, 9.17) is 10.2 Å². The van der Waals surface area contributed by atoms with E-state index in [9.17, 15) is 14.0 Å². The number of carboxylic acid groups (broad SMARTS) is 1. The van der Waals surface area contributed by atoms with Gasteiger partial charge in [-0.15, -0.1) is 0 Å². The van der Waals surface area contributed by atoms with Crippen molar-refractivity contribution in [3.05, 3.63) is 29.6 Å². The molecule has 0 aliphatic rings. The number of carboxylic acids is 1. The lowest BCUT2D eigenvalue weighted by atomic mass is 9.99. The summed E-state index contributed by atoms with van der Waals surface area (Å²) in [6, 6.07) is 3.99. The first-order chi connectivity index (χ1) is 7.97. The van der Waals surface area contributed by atoms with E-state index in [1.165, 1.54) is 25.1 Å². The van der Waals surface area contributed by atoms with Gasteiger partial charge in [-0.05, 0) is 6.07 Å². The molecule has 1 amide bonds. The van der Waals surface area contributed by atoms with Crippen LogP contribution in [-0.4, -0.2) is 28.7 Å². The minimum absolute atomic E-state index is 0.102. The van der Waals surface area contributed by atoms with Crippen molar-refractivity contribution in [3.8, 4) is 0 Å². The predicted octanol–water partition coefficient (Wildman–Crippen LogP) is 0.945. The Balaban J connectivity index is 3.17. The number of rotatable bonds is 4. The Morgan fingerprint density at radius 1 is 1.47 bits per heavy atom. The highest BCUT2D eigenvalue weighted by molar-refractivity contribution is 5.89. The minimum atomic E-state index is -1.34. The van der Waals surface area contributed by atoms with Crippen LogP contribution in [0.4, 0.5) is 10.1 Å². The van der Waals surface area contributed by atoms with E-state index >= 15 is 0 Å². The molecule has 1 aromatic rings. The zero-order valence-electron chi connectivity index (χ0n) is 9.11. The number of anilines is 1. The molecule has 0 aromatic heterocycles. The average molecular weight is 241 g/mol. The number of amides is 1. The molecular weight excluding hydrogens is 229 g/mol. The number of benzene rings is 1. The van der Waals surface area contributed by atoms with E-state index in [0.717, 1.165) is 0 Å². The van der Waals surface area contributed by atoms with Gasteiger partial charge in [-0.25, -0.2) is 4.39 Å². The third kappa shape index (κ3) is 3.01. The van der Waals surface area contributed by atoms with Crippen molar-refractivity contribution < 1.29 is 24.2 Å². The molecule has 0 heterocycles. The van der Waals surface area contributed by atoms with Crippen molar-refractivity contribution in [2.45, 2.75) is 12.8 Å². The average Bonchev–Trinajstić information content (AvgIpc) is 2.23. The van der Waals surface area contributed by atoms with Gasteiger partial charge in [0.05, 0.1) is 12.3 Å². The van der Waals surface area contributed by atoms with Gasteiger partial charge in [0.25, 0.3) is 0 Å². The summed E-state index contributed by atoms with van der Waals surface area (Å²) in [5, 5.41) is 20.0. The van der Waals surface area contributed by atoms with Crippen molar-refractivity contribution in [1.82, 2.24) is 0 Å². The molecule has 3 N–H and O–H groups in total. The summed E-state index contributed by atoms with van der Waals surface area (Å²) in [5.41, 5.74) is -0.263. The van der Waals surface area contributed by atoms with Gasteiger partial charge in [0.15, 0.2) is 5.82 Å². The van der Waals surface area contributed by atoms with E-state index in [0.29, 0.717) is 0 Å². The molecule has 5 nitrogen and oxygen atoms in total. The molecule has 1 atom stereocenters. The Bertz CT molecular complexity index is 447. The molecule has 0 aliphatic heterocycles. The lowest BCUT2D eigenvalue weighted by molar-refractivity contribution is -0.139. The molecule has 0 bridgehead atoms. The second-order valence-corrected chi connectivity index (χ2v) is 3.46. The number of carbonyl (C=O) groups is 2. The van der Waals surface area contributed by atoms with E-state index < -0.39 is 30.2 Å². The largest absolute Gasteiger partial charge is 0.481 e. The smallest absolute Gasteiger partial charge is 0.313 e. The molecular formula is C11H12FNO4. The SMILES string of the molecule is CC(=O)Nc1cccc(C(CO)C(=O)O)c1F. The number of hydrogen-bond acceptors (Lipinski definition) is 3. The first kappa shape index (κ1) is 13.1. The predicted molar refractivity (Wildman–Crippen MR) is 58.2 cm³/mol. The molecule has 6 heteroatoms. The maximum atomic E-state index is 13.8. The van der Waals surface area contributed by atoms with E-state index in [1.54, 1.807) is 0 Å². The fourth-order valence-electron chi connectivity index (χ4n) is 1.41. The molecule has 1 rings (SSSR count). The van der Waals surface area contributed by atoms with Crippen LogP contribution >= 0.6 is 0 Å². The molecule has 0 aliphatic carbocycles. The van der Waals surface area contributed by atoms with Gasteiger partial charge in [0, 0.05) is 12.5 Å². The van der Waals surface area contributed by atoms with Gasteiger partial charge in [-0.2, -0.15) is 0 Å². The lowest BCUT2D eigenvalue weighted by Gasteiger charge is -2.13. The van der Waals surface area contributed by atoms with Crippen LogP contribution in [0.1, 0.15) is 18.4 Å². The Hall–Kier alpha value is -1.95. The van der Waals surface area contributed by atoms with Crippen molar-refractivity contribution in [2.24, 2.45) is 0 Å². The molecule has 92 valence electrons. The van der Waals surface area contributed by atoms with Crippen molar-refractivity contribution in [3.63, 3.8) is 0 Å². The van der Waals surface area contributed by atoms with Crippen LogP contribution in [0.3, 0.4) is 0 Å². The Kier molecular flexibility index (Phi) is 4.17. The summed E-state index contributed by atoms with van der Waals surface area (Å²) in [6.45, 7) is 0.503. The van der Waals surface area contributed by atoms with E-state index in [1.807, 2.05) is 0 Å². The number of aliphatic hydroxyl groups is 1. The Morgan fingerprint density at radius 2 is 2.12 bits per heavy atom. The molecule has 0 saturated carbocycles. The van der Waals surface area contributed by atoms with Crippen LogP contribution in [0.25, 0.3) is 0 Å². The molecule has 0 spiro atoms. The molecule has 0 fully saturated rings. The summed E-state index contributed by atoms with van der Waals surface area (Å²) in [6.07, 6.45) is 0. The normalized spacial score (nSPS) is 11.9. The van der Waals surface area contributed by atoms with Crippen LogP contribution in [0.2, 0.25) is 0 Å². The fraction of sp³-hybridized carbons (Fsp3) is 0.273. The lowest BCUT2D eigenvalue weighted by Crippen LogP contribution is -2.18. The summed E-state index contributed by atoms with van der Waals surface area (Å²) in [4.78, 5) is 21.6. The maximum Gasteiger partial charge on any atom is 0.313 e.